The van der Waals surface area contributed by atoms with Gasteiger partial charge in [-0.1, -0.05) is 45.5 Å². The van der Waals surface area contributed by atoms with Crippen molar-refractivity contribution in [1.82, 2.24) is 4.40 Å². The number of aryl methyl sites for hydroxylation is 1. The molecule has 5 nitrogen and oxygen atoms in total. The number of benzene rings is 1. The van der Waals surface area contributed by atoms with Crippen molar-refractivity contribution in [2.45, 2.75) is 40.7 Å². The van der Waals surface area contributed by atoms with Crippen molar-refractivity contribution in [3.63, 3.8) is 0 Å². The normalized spacial score (nSPS) is 10.9. The Morgan fingerprint density at radius 3 is 2.33 bits per heavy atom. The third-order valence-corrected chi connectivity index (χ3v) is 4.77. The first-order valence-electron chi connectivity index (χ1n) is 8.56. The molecule has 0 aliphatic carbocycles. The molecule has 1 aromatic carbocycles. The lowest BCUT2D eigenvalue weighted by atomic mass is 9.93. The highest BCUT2D eigenvalue weighted by molar-refractivity contribution is 5.89. The summed E-state index contributed by atoms with van der Waals surface area (Å²) >= 11 is 0. The van der Waals surface area contributed by atoms with Crippen molar-refractivity contribution >= 4 is 11.5 Å². The fraction of sp³-hybridized carbons (Fsp3) is 0.273. The highest BCUT2D eigenvalue weighted by Crippen LogP contribution is 2.30. The monoisotopic (exact) mass is 366 g/mol. The van der Waals surface area contributed by atoms with Crippen molar-refractivity contribution in [1.29, 1.82) is 0 Å². The van der Waals surface area contributed by atoms with E-state index in [1.165, 1.54) is 10.5 Å². The number of fused-ring (bicyclic) bond motifs is 1. The van der Waals surface area contributed by atoms with Gasteiger partial charge in [-0.2, -0.15) is 0 Å². The maximum atomic E-state index is 12.6. The molecule has 0 saturated carbocycles. The Morgan fingerprint density at radius 2 is 1.81 bits per heavy atom. The maximum Gasteiger partial charge on any atom is 0.341 e. The topological polar surface area (TPSA) is 84.8 Å². The first-order valence-corrected chi connectivity index (χ1v) is 8.56. The zero-order valence-electron chi connectivity index (χ0n) is 15.1. The summed E-state index contributed by atoms with van der Waals surface area (Å²) in [6.07, 6.45) is 1.66. The number of carbonyl (C=O) groups is 1. The van der Waals surface area contributed by atoms with Gasteiger partial charge in [0.25, 0.3) is 5.56 Å². The van der Waals surface area contributed by atoms with E-state index in [9.17, 15) is 14.7 Å². The van der Waals surface area contributed by atoms with E-state index in [1.807, 2.05) is 51.1 Å². The number of aromatic nitrogens is 1. The van der Waals surface area contributed by atoms with Crippen LogP contribution >= 0.6 is 0 Å². The van der Waals surface area contributed by atoms with Gasteiger partial charge in [0, 0.05) is 12.7 Å². The van der Waals surface area contributed by atoms with E-state index < -0.39 is 11.5 Å². The average Bonchev–Trinajstić information content (AvgIpc) is 2.62. The Morgan fingerprint density at radius 1 is 1.19 bits per heavy atom. The van der Waals surface area contributed by atoms with Crippen LogP contribution in [0.25, 0.3) is 16.6 Å². The van der Waals surface area contributed by atoms with Crippen LogP contribution in [0.3, 0.4) is 0 Å². The summed E-state index contributed by atoms with van der Waals surface area (Å²) in [4.78, 5) is 24.0. The van der Waals surface area contributed by atoms with Gasteiger partial charge in [0.15, 0.2) is 0 Å². The molecule has 2 aromatic heterocycles. The molecule has 27 heavy (non-hydrogen) atoms. The molecule has 0 radical (unpaired) electrons. The SMILES string of the molecule is C.Cc1c(-c2ccc(CN)cc2)ccn2c(=O)c(C(=O)O)cc(C(C)C)c12. The largest absolute Gasteiger partial charge is 0.477 e. The summed E-state index contributed by atoms with van der Waals surface area (Å²) in [6.45, 7) is 6.44. The van der Waals surface area contributed by atoms with Crippen LogP contribution in [0.4, 0.5) is 0 Å². The number of pyridine rings is 2. The van der Waals surface area contributed by atoms with E-state index in [0.717, 1.165) is 33.3 Å². The minimum atomic E-state index is -1.20. The molecule has 0 amide bonds. The average molecular weight is 366 g/mol. The van der Waals surface area contributed by atoms with Crippen LogP contribution < -0.4 is 11.3 Å². The van der Waals surface area contributed by atoms with Gasteiger partial charge in [0.2, 0.25) is 0 Å². The second kappa shape index (κ2) is 7.76. The van der Waals surface area contributed by atoms with Gasteiger partial charge in [0.05, 0.1) is 5.52 Å². The summed E-state index contributed by atoms with van der Waals surface area (Å²) in [5.74, 6) is -1.12. The van der Waals surface area contributed by atoms with Crippen LogP contribution in [0.1, 0.15) is 54.2 Å². The van der Waals surface area contributed by atoms with Gasteiger partial charge in [-0.15, -0.1) is 0 Å². The molecule has 0 unspecified atom stereocenters. The Kier molecular flexibility index (Phi) is 5.86. The second-order valence-electron chi connectivity index (χ2n) is 6.75. The zero-order chi connectivity index (χ0) is 19.0. The Balaban J connectivity index is 0.00000261. The molecule has 3 aromatic rings. The summed E-state index contributed by atoms with van der Waals surface area (Å²) in [7, 11) is 0. The molecule has 0 fully saturated rings. The van der Waals surface area contributed by atoms with Crippen LogP contribution in [0.15, 0.2) is 47.4 Å². The number of carboxylic acids is 1. The number of nitrogens with two attached hydrogens (primary N) is 1. The third kappa shape index (κ3) is 3.51. The van der Waals surface area contributed by atoms with Crippen molar-refractivity contribution in [3.8, 4) is 11.1 Å². The molecular weight excluding hydrogens is 340 g/mol. The fourth-order valence-corrected chi connectivity index (χ4v) is 3.32. The standard InChI is InChI=1S/C21H22N2O3.CH4/c1-12(2)17-10-18(21(25)26)20(24)23-9-8-16(13(3)19(17)23)15-6-4-14(11-22)5-7-15;/h4-10,12H,11,22H2,1-3H3,(H,25,26);1H4. The lowest BCUT2D eigenvalue weighted by molar-refractivity contribution is 0.0694. The van der Waals surface area contributed by atoms with Crippen LogP contribution in [0, 0.1) is 6.92 Å². The molecule has 142 valence electrons. The molecule has 3 N–H and O–H groups in total. The van der Waals surface area contributed by atoms with E-state index in [1.54, 1.807) is 6.20 Å². The lowest BCUT2D eigenvalue weighted by Crippen LogP contribution is -2.24. The smallest absolute Gasteiger partial charge is 0.341 e. The lowest BCUT2D eigenvalue weighted by Gasteiger charge is -2.17. The van der Waals surface area contributed by atoms with Crippen molar-refractivity contribution in [2.75, 3.05) is 0 Å². The number of hydrogen-bond acceptors (Lipinski definition) is 3. The number of hydrogen-bond donors (Lipinski definition) is 2. The van der Waals surface area contributed by atoms with Crippen LogP contribution in [-0.4, -0.2) is 15.5 Å². The van der Waals surface area contributed by atoms with Gasteiger partial charge < -0.3 is 10.8 Å². The minimum Gasteiger partial charge on any atom is -0.477 e. The predicted octanol–water partition coefficient (Wildman–Crippen LogP) is 4.19. The number of nitrogens with zero attached hydrogens (tertiary/aromatic N) is 1. The molecule has 2 heterocycles. The molecule has 0 aliphatic heterocycles. The summed E-state index contributed by atoms with van der Waals surface area (Å²) in [5, 5.41) is 9.36. The van der Waals surface area contributed by atoms with Crippen molar-refractivity contribution in [2.24, 2.45) is 5.73 Å². The van der Waals surface area contributed by atoms with Crippen molar-refractivity contribution in [3.05, 3.63) is 75.2 Å². The minimum absolute atomic E-state index is 0. The highest BCUT2D eigenvalue weighted by Gasteiger charge is 2.19. The van der Waals surface area contributed by atoms with Gasteiger partial charge >= 0.3 is 5.97 Å². The first-order chi connectivity index (χ1) is 12.3. The number of aromatic carboxylic acids is 1. The van der Waals surface area contributed by atoms with Gasteiger partial charge in [-0.05, 0) is 52.8 Å². The van der Waals surface area contributed by atoms with Crippen LogP contribution in [0.2, 0.25) is 0 Å². The van der Waals surface area contributed by atoms with Gasteiger partial charge in [-0.3, -0.25) is 9.20 Å². The molecular formula is C22H26N2O3. The van der Waals surface area contributed by atoms with Crippen LogP contribution in [-0.2, 0) is 6.54 Å². The Labute approximate surface area is 159 Å². The molecule has 0 bridgehead atoms. The molecule has 0 atom stereocenters. The zero-order valence-corrected chi connectivity index (χ0v) is 15.1. The van der Waals surface area contributed by atoms with Crippen molar-refractivity contribution < 1.29 is 9.90 Å². The maximum absolute atomic E-state index is 12.6. The Hall–Kier alpha value is -2.92. The molecule has 0 saturated heterocycles. The summed E-state index contributed by atoms with van der Waals surface area (Å²) in [5.41, 5.74) is 10.6. The highest BCUT2D eigenvalue weighted by atomic mass is 16.4. The quantitative estimate of drug-likeness (QED) is 0.725. The van der Waals surface area contributed by atoms with E-state index in [4.69, 9.17) is 5.73 Å². The summed E-state index contributed by atoms with van der Waals surface area (Å²) < 4.78 is 1.45. The van der Waals surface area contributed by atoms with E-state index in [-0.39, 0.29) is 18.9 Å². The van der Waals surface area contributed by atoms with E-state index >= 15 is 0 Å². The summed E-state index contributed by atoms with van der Waals surface area (Å²) in [6, 6.07) is 11.4. The van der Waals surface area contributed by atoms with E-state index in [2.05, 4.69) is 0 Å². The number of carboxylic acid groups (broad SMARTS) is 1. The fourth-order valence-electron chi connectivity index (χ4n) is 3.32. The third-order valence-electron chi connectivity index (χ3n) is 4.77. The first kappa shape index (κ1) is 20.4. The molecule has 3 rings (SSSR count). The number of rotatable bonds is 4. The van der Waals surface area contributed by atoms with Crippen LogP contribution in [0.5, 0.6) is 0 Å². The van der Waals surface area contributed by atoms with Gasteiger partial charge in [0.1, 0.15) is 5.56 Å². The molecule has 0 spiro atoms. The van der Waals surface area contributed by atoms with Gasteiger partial charge in [-0.25, -0.2) is 4.79 Å². The molecule has 0 aliphatic rings. The van der Waals surface area contributed by atoms with E-state index in [0.29, 0.717) is 6.54 Å². The predicted molar refractivity (Wildman–Crippen MR) is 110 cm³/mol. The second-order valence-corrected chi connectivity index (χ2v) is 6.75. The Bertz CT molecular complexity index is 1050. The molecule has 5 heteroatoms.